The number of anilines is 1. The molecule has 1 heterocycles. The summed E-state index contributed by atoms with van der Waals surface area (Å²) < 4.78 is 17.9. The van der Waals surface area contributed by atoms with E-state index in [4.69, 9.17) is 16.0 Å². The van der Waals surface area contributed by atoms with Gasteiger partial charge in [-0.1, -0.05) is 11.6 Å². The molecule has 1 amide bonds. The van der Waals surface area contributed by atoms with Crippen molar-refractivity contribution in [3.63, 3.8) is 0 Å². The summed E-state index contributed by atoms with van der Waals surface area (Å²) in [5.41, 5.74) is 0.405. The van der Waals surface area contributed by atoms with Crippen LogP contribution in [0.3, 0.4) is 0 Å². The zero-order valence-electron chi connectivity index (χ0n) is 9.45. The van der Waals surface area contributed by atoms with Gasteiger partial charge in [0.05, 0.1) is 17.0 Å². The highest BCUT2D eigenvalue weighted by Crippen LogP contribution is 2.22. The Bertz CT molecular complexity index is 540. The van der Waals surface area contributed by atoms with Gasteiger partial charge in [0.1, 0.15) is 11.6 Å². The van der Waals surface area contributed by atoms with Gasteiger partial charge in [0, 0.05) is 12.8 Å². The summed E-state index contributed by atoms with van der Waals surface area (Å²) in [7, 11) is 0. The number of halogens is 2. The molecule has 5 heteroatoms. The number of hydrogen-bond donors (Lipinski definition) is 1. The molecule has 0 aliphatic carbocycles. The maximum absolute atomic E-state index is 12.8. The number of hydrogen-bond acceptors (Lipinski definition) is 2. The molecule has 0 spiro atoms. The number of furan rings is 1. The van der Waals surface area contributed by atoms with E-state index in [-0.39, 0.29) is 17.4 Å². The number of benzene rings is 1. The second-order valence-corrected chi connectivity index (χ2v) is 4.16. The third kappa shape index (κ3) is 3.34. The van der Waals surface area contributed by atoms with E-state index in [0.29, 0.717) is 12.1 Å². The first kappa shape index (κ1) is 12.6. The average Bonchev–Trinajstić information content (AvgIpc) is 2.83. The van der Waals surface area contributed by atoms with Gasteiger partial charge in [0.2, 0.25) is 5.91 Å². The summed E-state index contributed by atoms with van der Waals surface area (Å²) in [4.78, 5) is 11.6. The topological polar surface area (TPSA) is 42.2 Å². The minimum atomic E-state index is -0.436. The first-order chi connectivity index (χ1) is 8.65. The fraction of sp³-hybridized carbons (Fsp3) is 0.154. The lowest BCUT2D eigenvalue weighted by atomic mass is 10.2. The number of aryl methyl sites for hydroxylation is 1. The third-order valence-corrected chi connectivity index (χ3v) is 2.70. The molecule has 0 aliphatic heterocycles. The van der Waals surface area contributed by atoms with E-state index in [1.54, 1.807) is 18.4 Å². The molecule has 0 saturated heterocycles. The van der Waals surface area contributed by atoms with Crippen LogP contribution >= 0.6 is 11.6 Å². The summed E-state index contributed by atoms with van der Waals surface area (Å²) in [6, 6.07) is 7.41. The average molecular weight is 268 g/mol. The molecule has 0 saturated carbocycles. The molecule has 3 nitrogen and oxygen atoms in total. The first-order valence-corrected chi connectivity index (χ1v) is 5.80. The number of amides is 1. The van der Waals surface area contributed by atoms with Crippen LogP contribution in [0.2, 0.25) is 5.02 Å². The largest absolute Gasteiger partial charge is 0.469 e. The minimum Gasteiger partial charge on any atom is -0.469 e. The van der Waals surface area contributed by atoms with Crippen LogP contribution in [0.5, 0.6) is 0 Å². The highest BCUT2D eigenvalue weighted by Gasteiger charge is 2.07. The zero-order chi connectivity index (χ0) is 13.0. The standard InChI is InChI=1S/C13H11ClFNO2/c14-11-8-9(15)3-5-12(11)16-13(17)6-4-10-2-1-7-18-10/h1-3,5,7-8H,4,6H2,(H,16,17). The van der Waals surface area contributed by atoms with Crippen LogP contribution in [0.1, 0.15) is 12.2 Å². The first-order valence-electron chi connectivity index (χ1n) is 5.42. The fourth-order valence-electron chi connectivity index (χ4n) is 1.50. The number of carbonyl (C=O) groups excluding carboxylic acids is 1. The van der Waals surface area contributed by atoms with Gasteiger partial charge in [-0.05, 0) is 30.3 Å². The van der Waals surface area contributed by atoms with Crippen LogP contribution in [0.15, 0.2) is 41.0 Å². The molecule has 18 heavy (non-hydrogen) atoms. The Morgan fingerprint density at radius 1 is 1.39 bits per heavy atom. The van der Waals surface area contributed by atoms with E-state index < -0.39 is 5.82 Å². The normalized spacial score (nSPS) is 10.3. The molecule has 1 aromatic heterocycles. The molecule has 2 aromatic rings. The van der Waals surface area contributed by atoms with Crippen LogP contribution in [-0.4, -0.2) is 5.91 Å². The quantitative estimate of drug-likeness (QED) is 0.919. The van der Waals surface area contributed by atoms with Gasteiger partial charge in [-0.15, -0.1) is 0 Å². The van der Waals surface area contributed by atoms with E-state index in [1.165, 1.54) is 12.1 Å². The summed E-state index contributed by atoms with van der Waals surface area (Å²) in [5.74, 6) is 0.115. The van der Waals surface area contributed by atoms with Gasteiger partial charge in [0.15, 0.2) is 0 Å². The molecule has 0 unspecified atom stereocenters. The molecule has 2 rings (SSSR count). The Morgan fingerprint density at radius 2 is 2.22 bits per heavy atom. The van der Waals surface area contributed by atoms with Gasteiger partial charge in [-0.2, -0.15) is 0 Å². The highest BCUT2D eigenvalue weighted by atomic mass is 35.5. The molecule has 0 radical (unpaired) electrons. The van der Waals surface area contributed by atoms with Gasteiger partial charge in [-0.25, -0.2) is 4.39 Å². The fourth-order valence-corrected chi connectivity index (χ4v) is 1.71. The molecular weight excluding hydrogens is 257 g/mol. The lowest BCUT2D eigenvalue weighted by molar-refractivity contribution is -0.116. The van der Waals surface area contributed by atoms with Crippen molar-refractivity contribution < 1.29 is 13.6 Å². The van der Waals surface area contributed by atoms with Crippen molar-refractivity contribution in [2.75, 3.05) is 5.32 Å². The summed E-state index contributed by atoms with van der Waals surface area (Å²) in [6.45, 7) is 0. The molecule has 94 valence electrons. The Morgan fingerprint density at radius 3 is 2.89 bits per heavy atom. The van der Waals surface area contributed by atoms with Crippen molar-refractivity contribution in [3.8, 4) is 0 Å². The second kappa shape index (κ2) is 5.69. The Kier molecular flexibility index (Phi) is 3.99. The summed E-state index contributed by atoms with van der Waals surface area (Å²) in [6.07, 6.45) is 2.35. The molecule has 1 N–H and O–H groups in total. The second-order valence-electron chi connectivity index (χ2n) is 3.75. The Labute approximate surface area is 109 Å². The third-order valence-electron chi connectivity index (χ3n) is 2.38. The van der Waals surface area contributed by atoms with E-state index in [0.717, 1.165) is 11.8 Å². The van der Waals surface area contributed by atoms with Crippen molar-refractivity contribution in [1.82, 2.24) is 0 Å². The van der Waals surface area contributed by atoms with Crippen LogP contribution in [0, 0.1) is 5.82 Å². The SMILES string of the molecule is O=C(CCc1ccco1)Nc1ccc(F)cc1Cl. The lowest BCUT2D eigenvalue weighted by Crippen LogP contribution is -2.12. The van der Waals surface area contributed by atoms with Crippen molar-refractivity contribution in [2.45, 2.75) is 12.8 Å². The minimum absolute atomic E-state index is 0.182. The van der Waals surface area contributed by atoms with E-state index >= 15 is 0 Å². The summed E-state index contributed by atoms with van der Waals surface area (Å²) >= 11 is 5.80. The molecule has 1 aromatic carbocycles. The molecule has 0 fully saturated rings. The van der Waals surface area contributed by atoms with Crippen LogP contribution in [-0.2, 0) is 11.2 Å². The van der Waals surface area contributed by atoms with Crippen molar-refractivity contribution >= 4 is 23.2 Å². The van der Waals surface area contributed by atoms with Gasteiger partial charge >= 0.3 is 0 Å². The van der Waals surface area contributed by atoms with Gasteiger partial charge in [-0.3, -0.25) is 4.79 Å². The van der Waals surface area contributed by atoms with Crippen molar-refractivity contribution in [1.29, 1.82) is 0 Å². The monoisotopic (exact) mass is 267 g/mol. The number of rotatable bonds is 4. The maximum Gasteiger partial charge on any atom is 0.224 e. The predicted octanol–water partition coefficient (Wildman–Crippen LogP) is 3.64. The van der Waals surface area contributed by atoms with E-state index in [9.17, 15) is 9.18 Å². The predicted molar refractivity (Wildman–Crippen MR) is 67.1 cm³/mol. The van der Waals surface area contributed by atoms with Gasteiger partial charge in [0.25, 0.3) is 0 Å². The van der Waals surface area contributed by atoms with Crippen LogP contribution in [0.25, 0.3) is 0 Å². The van der Waals surface area contributed by atoms with E-state index in [1.807, 2.05) is 0 Å². The lowest BCUT2D eigenvalue weighted by Gasteiger charge is -2.06. The van der Waals surface area contributed by atoms with Gasteiger partial charge < -0.3 is 9.73 Å². The van der Waals surface area contributed by atoms with Crippen LogP contribution < -0.4 is 5.32 Å². The molecule has 0 aliphatic rings. The Hall–Kier alpha value is -1.81. The van der Waals surface area contributed by atoms with Crippen molar-refractivity contribution in [3.05, 3.63) is 53.2 Å². The Balaban J connectivity index is 1.91. The van der Waals surface area contributed by atoms with Crippen molar-refractivity contribution in [2.24, 2.45) is 0 Å². The zero-order valence-corrected chi connectivity index (χ0v) is 10.2. The molecular formula is C13H11ClFNO2. The number of carbonyl (C=O) groups is 1. The number of nitrogens with one attached hydrogen (secondary N) is 1. The molecule has 0 atom stereocenters. The maximum atomic E-state index is 12.8. The van der Waals surface area contributed by atoms with E-state index in [2.05, 4.69) is 5.32 Å². The molecule has 0 bridgehead atoms. The highest BCUT2D eigenvalue weighted by molar-refractivity contribution is 6.33. The smallest absolute Gasteiger partial charge is 0.224 e. The van der Waals surface area contributed by atoms with Crippen LogP contribution in [0.4, 0.5) is 10.1 Å². The summed E-state index contributed by atoms with van der Waals surface area (Å²) in [5, 5.41) is 2.80.